The number of aliphatic carboxylic acids is 1. The van der Waals surface area contributed by atoms with Crippen LogP contribution in [0.2, 0.25) is 0 Å². The zero-order valence-electron chi connectivity index (χ0n) is 10.7. The van der Waals surface area contributed by atoms with Crippen molar-refractivity contribution in [3.05, 3.63) is 17.7 Å². The second kappa shape index (κ2) is 4.17. The molecule has 2 atom stereocenters. The highest BCUT2D eigenvalue weighted by Gasteiger charge is 2.47. The number of carboxylic acids is 1. The molecule has 4 nitrogen and oxygen atoms in total. The van der Waals surface area contributed by atoms with E-state index in [1.165, 1.54) is 0 Å². The summed E-state index contributed by atoms with van der Waals surface area (Å²) in [6.07, 6.45) is 5.49. The summed E-state index contributed by atoms with van der Waals surface area (Å²) in [5, 5.41) is 9.70. The van der Waals surface area contributed by atoms with Gasteiger partial charge in [-0.2, -0.15) is 0 Å². The molecule has 2 rings (SSSR count). The molecule has 0 radical (unpaired) electrons. The van der Waals surface area contributed by atoms with Gasteiger partial charge in [-0.25, -0.2) is 9.78 Å². The Morgan fingerprint density at radius 2 is 2.24 bits per heavy atom. The Morgan fingerprint density at radius 1 is 1.53 bits per heavy atom. The molecule has 0 bridgehead atoms. The van der Waals surface area contributed by atoms with Gasteiger partial charge in [-0.05, 0) is 32.6 Å². The normalized spacial score (nSPS) is 29.2. The zero-order valence-corrected chi connectivity index (χ0v) is 10.7. The summed E-state index contributed by atoms with van der Waals surface area (Å²) in [6, 6.07) is 0. The molecule has 0 aromatic carbocycles. The molecular weight excluding hydrogens is 216 g/mol. The van der Waals surface area contributed by atoms with E-state index >= 15 is 0 Å². The summed E-state index contributed by atoms with van der Waals surface area (Å²) in [4.78, 5) is 16.1. The minimum atomic E-state index is -0.788. The minimum absolute atomic E-state index is 0.154. The van der Waals surface area contributed by atoms with Crippen LogP contribution in [0.25, 0.3) is 0 Å². The molecule has 1 fully saturated rings. The van der Waals surface area contributed by atoms with E-state index in [4.69, 9.17) is 0 Å². The molecule has 0 saturated heterocycles. The maximum Gasteiger partial charge on any atom is 0.330 e. The number of nitrogens with zero attached hydrogens (tertiary/aromatic N) is 2. The molecule has 94 valence electrons. The number of aryl methyl sites for hydroxylation is 1. The Bertz CT molecular complexity index is 439. The highest BCUT2D eigenvalue weighted by Crippen LogP contribution is 2.41. The maximum atomic E-state index is 11.8. The molecule has 1 aromatic heterocycles. The van der Waals surface area contributed by atoms with Crippen molar-refractivity contribution in [1.82, 2.24) is 9.55 Å². The SMILES string of the molecule is Cc1ncn(C2(C(=O)O)CCCCC2C)c1C. The van der Waals surface area contributed by atoms with Crippen LogP contribution in [0.3, 0.4) is 0 Å². The Kier molecular flexibility index (Phi) is 2.98. The number of aromatic nitrogens is 2. The van der Waals surface area contributed by atoms with Crippen molar-refractivity contribution in [2.45, 2.75) is 52.0 Å². The van der Waals surface area contributed by atoms with Gasteiger partial charge in [0.1, 0.15) is 5.54 Å². The third-order valence-corrected chi connectivity index (χ3v) is 4.31. The molecule has 1 saturated carbocycles. The average molecular weight is 236 g/mol. The van der Waals surface area contributed by atoms with Gasteiger partial charge in [-0.1, -0.05) is 19.8 Å². The van der Waals surface area contributed by atoms with Crippen LogP contribution in [0.5, 0.6) is 0 Å². The molecule has 0 amide bonds. The summed E-state index contributed by atoms with van der Waals surface area (Å²) in [7, 11) is 0. The minimum Gasteiger partial charge on any atom is -0.479 e. The van der Waals surface area contributed by atoms with Crippen LogP contribution in [-0.2, 0) is 10.3 Å². The molecule has 1 N–H and O–H groups in total. The highest BCUT2D eigenvalue weighted by molar-refractivity contribution is 5.77. The number of imidazole rings is 1. The second-order valence-corrected chi connectivity index (χ2v) is 5.16. The van der Waals surface area contributed by atoms with Crippen molar-refractivity contribution in [3.8, 4) is 0 Å². The summed E-state index contributed by atoms with van der Waals surface area (Å²) in [6.45, 7) is 5.92. The van der Waals surface area contributed by atoms with Crippen LogP contribution in [0.4, 0.5) is 0 Å². The van der Waals surface area contributed by atoms with E-state index in [2.05, 4.69) is 4.98 Å². The van der Waals surface area contributed by atoms with E-state index in [0.29, 0.717) is 6.42 Å². The Labute approximate surface area is 102 Å². The predicted molar refractivity (Wildman–Crippen MR) is 64.9 cm³/mol. The topological polar surface area (TPSA) is 55.1 Å². The van der Waals surface area contributed by atoms with Gasteiger partial charge in [0.25, 0.3) is 0 Å². The van der Waals surface area contributed by atoms with Gasteiger partial charge in [0, 0.05) is 5.69 Å². The smallest absolute Gasteiger partial charge is 0.330 e. The molecule has 2 unspecified atom stereocenters. The lowest BCUT2D eigenvalue weighted by molar-refractivity contribution is -0.152. The van der Waals surface area contributed by atoms with Gasteiger partial charge >= 0.3 is 5.97 Å². The fourth-order valence-corrected chi connectivity index (χ4v) is 3.01. The van der Waals surface area contributed by atoms with Crippen molar-refractivity contribution in [2.24, 2.45) is 5.92 Å². The van der Waals surface area contributed by atoms with Gasteiger partial charge in [-0.15, -0.1) is 0 Å². The molecular formula is C13H20N2O2. The third kappa shape index (κ3) is 1.66. The second-order valence-electron chi connectivity index (χ2n) is 5.16. The Hall–Kier alpha value is -1.32. The van der Waals surface area contributed by atoms with E-state index < -0.39 is 11.5 Å². The van der Waals surface area contributed by atoms with Crippen molar-refractivity contribution in [3.63, 3.8) is 0 Å². The van der Waals surface area contributed by atoms with Gasteiger partial charge in [-0.3, -0.25) is 0 Å². The van der Waals surface area contributed by atoms with Crippen LogP contribution < -0.4 is 0 Å². The van der Waals surface area contributed by atoms with Crippen LogP contribution >= 0.6 is 0 Å². The first-order valence-corrected chi connectivity index (χ1v) is 6.24. The molecule has 0 spiro atoms. The van der Waals surface area contributed by atoms with Gasteiger partial charge in [0.05, 0.1) is 12.0 Å². The first-order chi connectivity index (χ1) is 8.00. The predicted octanol–water partition coefficient (Wildman–Crippen LogP) is 2.49. The third-order valence-electron chi connectivity index (χ3n) is 4.31. The van der Waals surface area contributed by atoms with E-state index in [0.717, 1.165) is 30.7 Å². The van der Waals surface area contributed by atoms with E-state index in [9.17, 15) is 9.90 Å². The van der Waals surface area contributed by atoms with E-state index in [-0.39, 0.29) is 5.92 Å². The standard InChI is InChI=1S/C13H20N2O2/c1-9-6-4-5-7-13(9,12(16)17)15-8-14-10(2)11(15)3/h8-9H,4-7H2,1-3H3,(H,16,17). The largest absolute Gasteiger partial charge is 0.479 e. The number of hydrogen-bond donors (Lipinski definition) is 1. The molecule has 17 heavy (non-hydrogen) atoms. The first kappa shape index (κ1) is 12.1. The van der Waals surface area contributed by atoms with Crippen molar-refractivity contribution < 1.29 is 9.90 Å². The number of carbonyl (C=O) groups is 1. The maximum absolute atomic E-state index is 11.8. The van der Waals surface area contributed by atoms with E-state index in [1.807, 2.05) is 25.3 Å². The fourth-order valence-electron chi connectivity index (χ4n) is 3.01. The van der Waals surface area contributed by atoms with Crippen LogP contribution in [0.1, 0.15) is 44.0 Å². The summed E-state index contributed by atoms with van der Waals surface area (Å²) in [5.41, 5.74) is 1.10. The molecule has 4 heteroatoms. The van der Waals surface area contributed by atoms with Crippen LogP contribution in [-0.4, -0.2) is 20.6 Å². The van der Waals surface area contributed by atoms with Crippen molar-refractivity contribution >= 4 is 5.97 Å². The van der Waals surface area contributed by atoms with Crippen LogP contribution in [0, 0.1) is 19.8 Å². The summed E-state index contributed by atoms with van der Waals surface area (Å²) >= 11 is 0. The number of rotatable bonds is 2. The van der Waals surface area contributed by atoms with Gasteiger partial charge < -0.3 is 9.67 Å². The lowest BCUT2D eigenvalue weighted by Gasteiger charge is -2.40. The van der Waals surface area contributed by atoms with E-state index in [1.54, 1.807) is 6.33 Å². The lowest BCUT2D eigenvalue weighted by Crippen LogP contribution is -2.49. The molecule has 1 aromatic rings. The van der Waals surface area contributed by atoms with Gasteiger partial charge in [0.2, 0.25) is 0 Å². The zero-order chi connectivity index (χ0) is 12.6. The number of carboxylic acid groups (broad SMARTS) is 1. The Balaban J connectivity index is 2.54. The monoisotopic (exact) mass is 236 g/mol. The Morgan fingerprint density at radius 3 is 2.71 bits per heavy atom. The molecule has 1 heterocycles. The lowest BCUT2D eigenvalue weighted by atomic mass is 9.73. The fraction of sp³-hybridized carbons (Fsp3) is 0.692. The molecule has 1 aliphatic rings. The first-order valence-electron chi connectivity index (χ1n) is 6.24. The van der Waals surface area contributed by atoms with Gasteiger partial charge in [0.15, 0.2) is 0 Å². The highest BCUT2D eigenvalue weighted by atomic mass is 16.4. The quantitative estimate of drug-likeness (QED) is 0.858. The summed E-state index contributed by atoms with van der Waals surface area (Å²) < 4.78 is 1.88. The molecule has 1 aliphatic carbocycles. The van der Waals surface area contributed by atoms with Crippen LogP contribution in [0.15, 0.2) is 6.33 Å². The molecule has 0 aliphatic heterocycles. The number of hydrogen-bond acceptors (Lipinski definition) is 2. The average Bonchev–Trinajstić information content (AvgIpc) is 2.61. The van der Waals surface area contributed by atoms with Crippen molar-refractivity contribution in [1.29, 1.82) is 0 Å². The van der Waals surface area contributed by atoms with Crippen molar-refractivity contribution in [2.75, 3.05) is 0 Å². The summed E-state index contributed by atoms with van der Waals surface area (Å²) in [5.74, 6) is -0.564.